The fourth-order valence-corrected chi connectivity index (χ4v) is 4.94. The molecule has 0 spiro atoms. The van der Waals surface area contributed by atoms with Crippen molar-refractivity contribution < 1.29 is 9.13 Å². The molecule has 1 aromatic heterocycles. The van der Waals surface area contributed by atoms with Crippen LogP contribution in [0.2, 0.25) is 5.02 Å². The van der Waals surface area contributed by atoms with Gasteiger partial charge in [0.15, 0.2) is 0 Å². The Balaban J connectivity index is 1.63. The normalized spacial score (nSPS) is 18.6. The van der Waals surface area contributed by atoms with E-state index < -0.39 is 0 Å². The van der Waals surface area contributed by atoms with Crippen molar-refractivity contribution in [3.05, 3.63) is 87.8 Å². The molecular formula is C27H30ClFN2O. The van der Waals surface area contributed by atoms with Gasteiger partial charge in [-0.1, -0.05) is 41.9 Å². The largest absolute Gasteiger partial charge is 0.385 e. The minimum absolute atomic E-state index is 0.172. The van der Waals surface area contributed by atoms with E-state index in [2.05, 4.69) is 42.6 Å². The van der Waals surface area contributed by atoms with Gasteiger partial charge >= 0.3 is 0 Å². The summed E-state index contributed by atoms with van der Waals surface area (Å²) < 4.78 is 19.4. The van der Waals surface area contributed by atoms with Gasteiger partial charge in [-0.05, 0) is 79.1 Å². The summed E-state index contributed by atoms with van der Waals surface area (Å²) in [5.74, 6) is 0.121. The van der Waals surface area contributed by atoms with Gasteiger partial charge in [0.1, 0.15) is 5.82 Å². The van der Waals surface area contributed by atoms with E-state index in [0.29, 0.717) is 0 Å². The number of hydrogen-bond donors (Lipinski definition) is 1. The van der Waals surface area contributed by atoms with Crippen molar-refractivity contribution >= 4 is 11.6 Å². The molecule has 32 heavy (non-hydrogen) atoms. The van der Waals surface area contributed by atoms with Crippen LogP contribution >= 0.6 is 11.6 Å². The molecule has 3 nitrogen and oxygen atoms in total. The Labute approximate surface area is 195 Å². The predicted octanol–water partition coefficient (Wildman–Crippen LogP) is 6.29. The highest BCUT2D eigenvalue weighted by atomic mass is 35.5. The standard InChI is InChI=1S/C27H30ClFN2O/c1-18-14-27(22-8-4-3-6-19(22)7-5-13-32-2)31-17-23(18)24-16-30-12-11-21(24)20-9-10-25(28)26(29)15-20/h3-4,6,8-10,14-15,17,21,24,30H,5,7,11-13,16H2,1-2H3/t21-,24+/m1/s1. The summed E-state index contributed by atoms with van der Waals surface area (Å²) in [6.45, 7) is 4.68. The maximum absolute atomic E-state index is 14.2. The van der Waals surface area contributed by atoms with Gasteiger partial charge in [0, 0.05) is 37.9 Å². The third kappa shape index (κ3) is 5.03. The van der Waals surface area contributed by atoms with E-state index >= 15 is 0 Å². The van der Waals surface area contributed by atoms with Gasteiger partial charge in [-0.25, -0.2) is 4.39 Å². The van der Waals surface area contributed by atoms with Crippen LogP contribution in [-0.4, -0.2) is 31.8 Å². The first-order valence-corrected chi connectivity index (χ1v) is 11.7. The summed E-state index contributed by atoms with van der Waals surface area (Å²) in [6, 6.07) is 15.9. The van der Waals surface area contributed by atoms with Crippen molar-refractivity contribution in [3.63, 3.8) is 0 Å². The molecule has 1 fully saturated rings. The number of aryl methyl sites for hydroxylation is 2. The van der Waals surface area contributed by atoms with E-state index in [1.165, 1.54) is 22.3 Å². The quantitative estimate of drug-likeness (QED) is 0.428. The van der Waals surface area contributed by atoms with Crippen LogP contribution in [0.4, 0.5) is 4.39 Å². The third-order valence-corrected chi connectivity index (χ3v) is 6.80. The smallest absolute Gasteiger partial charge is 0.142 e. The number of ether oxygens (including phenoxy) is 1. The first-order valence-electron chi connectivity index (χ1n) is 11.3. The Hall–Kier alpha value is -2.27. The number of piperidine rings is 1. The molecule has 2 atom stereocenters. The molecule has 0 radical (unpaired) electrons. The maximum atomic E-state index is 14.2. The van der Waals surface area contributed by atoms with E-state index in [0.717, 1.165) is 50.2 Å². The molecule has 1 N–H and O–H groups in total. The first-order chi connectivity index (χ1) is 15.6. The number of nitrogens with one attached hydrogen (secondary N) is 1. The molecule has 0 saturated carbocycles. The molecule has 0 aliphatic carbocycles. The summed E-state index contributed by atoms with van der Waals surface area (Å²) in [4.78, 5) is 4.88. The van der Waals surface area contributed by atoms with Gasteiger partial charge in [-0.3, -0.25) is 4.98 Å². The second-order valence-corrected chi connectivity index (χ2v) is 8.97. The SMILES string of the molecule is COCCCc1ccccc1-c1cc(C)c([C@H]2CNCC[C@@H]2c2ccc(Cl)c(F)c2)cn1. The van der Waals surface area contributed by atoms with Crippen molar-refractivity contribution in [2.45, 2.75) is 38.0 Å². The van der Waals surface area contributed by atoms with E-state index in [1.54, 1.807) is 19.2 Å². The second kappa shape index (κ2) is 10.6. The lowest BCUT2D eigenvalue weighted by atomic mass is 9.76. The summed E-state index contributed by atoms with van der Waals surface area (Å²) in [5, 5.41) is 3.68. The lowest BCUT2D eigenvalue weighted by Crippen LogP contribution is -2.34. The number of halogens is 2. The molecule has 2 aromatic carbocycles. The zero-order valence-electron chi connectivity index (χ0n) is 18.7. The summed E-state index contributed by atoms with van der Waals surface area (Å²) >= 11 is 5.92. The van der Waals surface area contributed by atoms with E-state index in [9.17, 15) is 4.39 Å². The van der Waals surface area contributed by atoms with Crippen LogP contribution in [0.1, 0.15) is 46.9 Å². The van der Waals surface area contributed by atoms with Crippen molar-refractivity contribution in [2.24, 2.45) is 0 Å². The van der Waals surface area contributed by atoms with Gasteiger partial charge in [0.25, 0.3) is 0 Å². The van der Waals surface area contributed by atoms with Crippen LogP contribution in [0, 0.1) is 12.7 Å². The van der Waals surface area contributed by atoms with Crippen molar-refractivity contribution in [2.75, 3.05) is 26.8 Å². The highest BCUT2D eigenvalue weighted by Crippen LogP contribution is 2.40. The minimum atomic E-state index is -0.350. The van der Waals surface area contributed by atoms with Gasteiger partial charge in [-0.2, -0.15) is 0 Å². The zero-order valence-corrected chi connectivity index (χ0v) is 19.5. The Morgan fingerprint density at radius 1 is 1.16 bits per heavy atom. The molecule has 0 bridgehead atoms. The van der Waals surface area contributed by atoms with Gasteiger partial charge < -0.3 is 10.1 Å². The zero-order chi connectivity index (χ0) is 22.5. The fraction of sp³-hybridized carbons (Fsp3) is 0.370. The summed E-state index contributed by atoms with van der Waals surface area (Å²) in [7, 11) is 1.74. The van der Waals surface area contributed by atoms with Crippen LogP contribution < -0.4 is 5.32 Å². The Morgan fingerprint density at radius 2 is 2.00 bits per heavy atom. The highest BCUT2D eigenvalue weighted by molar-refractivity contribution is 6.30. The Morgan fingerprint density at radius 3 is 2.78 bits per heavy atom. The molecule has 2 heterocycles. The van der Waals surface area contributed by atoms with Crippen LogP contribution in [0.5, 0.6) is 0 Å². The predicted molar refractivity (Wildman–Crippen MR) is 129 cm³/mol. The molecule has 168 valence electrons. The minimum Gasteiger partial charge on any atom is -0.385 e. The van der Waals surface area contributed by atoms with Crippen LogP contribution in [0.15, 0.2) is 54.7 Å². The van der Waals surface area contributed by atoms with Crippen molar-refractivity contribution in [1.82, 2.24) is 10.3 Å². The average molecular weight is 453 g/mol. The highest BCUT2D eigenvalue weighted by Gasteiger charge is 2.29. The number of nitrogens with zero attached hydrogens (tertiary/aromatic N) is 1. The molecule has 1 aliphatic rings. The third-order valence-electron chi connectivity index (χ3n) is 6.49. The Kier molecular flexibility index (Phi) is 7.56. The molecule has 0 unspecified atom stereocenters. The molecule has 0 amide bonds. The lowest BCUT2D eigenvalue weighted by Gasteiger charge is -2.34. The number of rotatable bonds is 7. The summed E-state index contributed by atoms with van der Waals surface area (Å²) in [5.41, 5.74) is 6.91. The van der Waals surface area contributed by atoms with Gasteiger partial charge in [0.2, 0.25) is 0 Å². The monoisotopic (exact) mass is 452 g/mol. The molecular weight excluding hydrogens is 423 g/mol. The number of methoxy groups -OCH3 is 1. The van der Waals surface area contributed by atoms with E-state index in [1.807, 2.05) is 12.3 Å². The molecule has 5 heteroatoms. The first kappa shape index (κ1) is 22.9. The Bertz CT molecular complexity index is 1070. The van der Waals surface area contributed by atoms with Gasteiger partial charge in [0.05, 0.1) is 10.7 Å². The maximum Gasteiger partial charge on any atom is 0.142 e. The van der Waals surface area contributed by atoms with E-state index in [-0.39, 0.29) is 22.7 Å². The van der Waals surface area contributed by atoms with Crippen molar-refractivity contribution in [3.8, 4) is 11.3 Å². The lowest BCUT2D eigenvalue weighted by molar-refractivity contribution is 0.195. The second-order valence-electron chi connectivity index (χ2n) is 8.56. The molecule has 4 rings (SSSR count). The average Bonchev–Trinajstić information content (AvgIpc) is 2.81. The summed E-state index contributed by atoms with van der Waals surface area (Å²) in [6.07, 6.45) is 4.92. The number of pyridine rings is 1. The van der Waals surface area contributed by atoms with Crippen LogP contribution in [0.3, 0.4) is 0 Å². The topological polar surface area (TPSA) is 34.1 Å². The number of benzene rings is 2. The number of hydrogen-bond acceptors (Lipinski definition) is 3. The van der Waals surface area contributed by atoms with Gasteiger partial charge in [-0.15, -0.1) is 0 Å². The van der Waals surface area contributed by atoms with E-state index in [4.69, 9.17) is 21.3 Å². The molecule has 1 aliphatic heterocycles. The fourth-order valence-electron chi connectivity index (χ4n) is 4.82. The molecule has 1 saturated heterocycles. The number of aromatic nitrogens is 1. The molecule has 3 aromatic rings. The van der Waals surface area contributed by atoms with Crippen LogP contribution in [-0.2, 0) is 11.2 Å². The van der Waals surface area contributed by atoms with Crippen LogP contribution in [0.25, 0.3) is 11.3 Å². The van der Waals surface area contributed by atoms with Crippen molar-refractivity contribution in [1.29, 1.82) is 0 Å².